The number of aromatic nitrogens is 4. The molecule has 1 aliphatic rings. The highest BCUT2D eigenvalue weighted by Gasteiger charge is 2.27. The molecule has 1 aliphatic heterocycles. The van der Waals surface area contributed by atoms with Crippen LogP contribution < -0.4 is 4.90 Å². The van der Waals surface area contributed by atoms with Crippen molar-refractivity contribution >= 4 is 22.8 Å². The third-order valence-electron chi connectivity index (χ3n) is 7.26. The van der Waals surface area contributed by atoms with E-state index in [9.17, 15) is 9.18 Å². The third kappa shape index (κ3) is 5.83. The number of carbonyl (C=O) groups excluding carboxylic acids is 1. The van der Waals surface area contributed by atoms with Crippen molar-refractivity contribution in [3.8, 4) is 22.3 Å². The monoisotopic (exact) mass is 570 g/mol. The molecule has 216 valence electrons. The summed E-state index contributed by atoms with van der Waals surface area (Å²) < 4.78 is 36.2. The van der Waals surface area contributed by atoms with Crippen molar-refractivity contribution in [3.63, 3.8) is 0 Å². The zero-order chi connectivity index (χ0) is 29.4. The second-order valence-corrected chi connectivity index (χ2v) is 11.5. The third-order valence-corrected chi connectivity index (χ3v) is 7.26. The molecule has 5 aromatic rings. The van der Waals surface area contributed by atoms with Crippen LogP contribution >= 0.6 is 0 Å². The van der Waals surface area contributed by atoms with Gasteiger partial charge in [0.25, 0.3) is 0 Å². The Morgan fingerprint density at radius 2 is 1.79 bits per heavy atom. The van der Waals surface area contributed by atoms with Crippen molar-refractivity contribution < 1.29 is 18.3 Å². The summed E-state index contributed by atoms with van der Waals surface area (Å²) in [5, 5.41) is 5.35. The summed E-state index contributed by atoms with van der Waals surface area (Å²) >= 11 is 0. The number of nitrogens with one attached hydrogen (secondary N) is 1. The normalized spacial score (nSPS) is 14.0. The topological polar surface area (TPSA) is 79.3 Å². The number of ether oxygens (including phenoxy) is 1. The van der Waals surface area contributed by atoms with Gasteiger partial charge in [0.2, 0.25) is 0 Å². The molecule has 1 N–H and O–H groups in total. The number of H-pyrrole nitrogens is 1. The second-order valence-electron chi connectivity index (χ2n) is 11.5. The molecule has 0 unspecified atom stereocenters. The molecule has 0 aliphatic carbocycles. The summed E-state index contributed by atoms with van der Waals surface area (Å²) in [5.41, 5.74) is 4.80. The average molecular weight is 571 g/mol. The van der Waals surface area contributed by atoms with Gasteiger partial charge in [0.05, 0.1) is 18.4 Å². The lowest BCUT2D eigenvalue weighted by Crippen LogP contribution is -2.50. The van der Waals surface area contributed by atoms with Crippen molar-refractivity contribution in [2.75, 3.05) is 31.1 Å². The summed E-state index contributed by atoms with van der Waals surface area (Å²) in [6.45, 7) is 7.93. The van der Waals surface area contributed by atoms with Gasteiger partial charge in [-0.25, -0.2) is 18.6 Å². The van der Waals surface area contributed by atoms with Crippen LogP contribution in [0.2, 0.25) is 0 Å². The molecule has 3 aromatic heterocycles. The highest BCUT2D eigenvalue weighted by Crippen LogP contribution is 2.33. The molecule has 10 heteroatoms. The Bertz CT molecular complexity index is 1750. The largest absolute Gasteiger partial charge is 0.444 e. The van der Waals surface area contributed by atoms with Crippen LogP contribution in [0.5, 0.6) is 0 Å². The van der Waals surface area contributed by atoms with Gasteiger partial charge in [-0.05, 0) is 62.2 Å². The zero-order valence-corrected chi connectivity index (χ0v) is 23.8. The maximum atomic E-state index is 15.4. The molecule has 0 radical (unpaired) electrons. The number of benzene rings is 2. The summed E-state index contributed by atoms with van der Waals surface area (Å²) in [6.07, 6.45) is 6.95. The number of carbonyl (C=O) groups is 1. The molecule has 1 fully saturated rings. The minimum Gasteiger partial charge on any atom is -0.444 e. The number of hydrogen-bond donors (Lipinski definition) is 1. The SMILES string of the molecule is CC(C)(C)OC(=O)N1CCN(c2ccc(-c3cnc4[nH]cc(-c5cnn(Cc6cccc(F)c6)c5)c4c3)cc2F)CC1. The average Bonchev–Trinajstić information content (AvgIpc) is 3.58. The number of fused-ring (bicyclic) bond motifs is 1. The molecule has 42 heavy (non-hydrogen) atoms. The van der Waals surface area contributed by atoms with E-state index in [0.29, 0.717) is 49.6 Å². The summed E-state index contributed by atoms with van der Waals surface area (Å²) in [4.78, 5) is 23.8. The Hall–Kier alpha value is -4.73. The number of anilines is 1. The number of hydrogen-bond acceptors (Lipinski definition) is 5. The van der Waals surface area contributed by atoms with E-state index in [2.05, 4.69) is 15.1 Å². The van der Waals surface area contributed by atoms with Crippen LogP contribution in [0.4, 0.5) is 19.3 Å². The minimum atomic E-state index is -0.554. The van der Waals surface area contributed by atoms with Crippen LogP contribution in [0, 0.1) is 11.6 Å². The lowest BCUT2D eigenvalue weighted by atomic mass is 10.0. The Morgan fingerprint density at radius 1 is 0.976 bits per heavy atom. The molecule has 0 atom stereocenters. The van der Waals surface area contributed by atoms with E-state index in [0.717, 1.165) is 27.6 Å². The van der Waals surface area contributed by atoms with Crippen LogP contribution in [0.1, 0.15) is 26.3 Å². The molecular weight excluding hydrogens is 538 g/mol. The minimum absolute atomic E-state index is 0.277. The molecule has 0 bridgehead atoms. The molecule has 1 amide bonds. The Kier molecular flexibility index (Phi) is 7.14. The van der Waals surface area contributed by atoms with Crippen LogP contribution in [-0.4, -0.2) is 62.5 Å². The van der Waals surface area contributed by atoms with Gasteiger partial charge in [-0.3, -0.25) is 4.68 Å². The van der Waals surface area contributed by atoms with Crippen LogP contribution in [0.15, 0.2) is 73.3 Å². The van der Waals surface area contributed by atoms with Crippen molar-refractivity contribution in [3.05, 3.63) is 90.5 Å². The molecule has 8 nitrogen and oxygen atoms in total. The quantitative estimate of drug-likeness (QED) is 0.262. The molecule has 2 aromatic carbocycles. The fourth-order valence-electron chi connectivity index (χ4n) is 5.21. The first-order chi connectivity index (χ1) is 20.1. The maximum absolute atomic E-state index is 15.4. The van der Waals surface area contributed by atoms with Gasteiger partial charge >= 0.3 is 6.09 Å². The van der Waals surface area contributed by atoms with Gasteiger partial charge in [-0.2, -0.15) is 5.10 Å². The maximum Gasteiger partial charge on any atom is 0.410 e. The predicted octanol–water partition coefficient (Wildman–Crippen LogP) is 6.48. The lowest BCUT2D eigenvalue weighted by Gasteiger charge is -2.36. The van der Waals surface area contributed by atoms with E-state index in [1.807, 2.05) is 56.3 Å². The Balaban J connectivity index is 1.18. The summed E-state index contributed by atoms with van der Waals surface area (Å²) in [5.74, 6) is -0.605. The highest BCUT2D eigenvalue weighted by atomic mass is 19.1. The van der Waals surface area contributed by atoms with Gasteiger partial charge in [0.1, 0.15) is 22.9 Å². The van der Waals surface area contributed by atoms with Gasteiger partial charge < -0.3 is 19.5 Å². The standard InChI is InChI=1S/C32H32F2N6O2/c1-32(2,3)42-31(41)39-11-9-38(10-12-39)29-8-7-22(15-28(29)34)23-14-26-27(18-36-30(26)35-16-23)24-17-37-40(20-24)19-21-5-4-6-25(33)13-21/h4-8,13-18,20H,9-12,19H2,1-3H3,(H,35,36). The van der Waals surface area contributed by atoms with Crippen molar-refractivity contribution in [2.45, 2.75) is 32.9 Å². The fraction of sp³-hybridized carbons (Fsp3) is 0.281. The van der Waals surface area contributed by atoms with Crippen molar-refractivity contribution in [2.24, 2.45) is 0 Å². The van der Waals surface area contributed by atoms with Gasteiger partial charge in [0, 0.05) is 66.8 Å². The number of pyridine rings is 1. The molecule has 0 saturated carbocycles. The number of rotatable bonds is 5. The number of amides is 1. The predicted molar refractivity (Wildman–Crippen MR) is 158 cm³/mol. The first kappa shape index (κ1) is 27.4. The number of piperazine rings is 1. The zero-order valence-electron chi connectivity index (χ0n) is 23.8. The smallest absolute Gasteiger partial charge is 0.410 e. The molecule has 1 saturated heterocycles. The Morgan fingerprint density at radius 3 is 2.52 bits per heavy atom. The molecule has 6 rings (SSSR count). The number of aromatic amines is 1. The van der Waals surface area contributed by atoms with E-state index in [1.165, 1.54) is 18.2 Å². The van der Waals surface area contributed by atoms with Crippen molar-refractivity contribution in [1.29, 1.82) is 0 Å². The summed E-state index contributed by atoms with van der Waals surface area (Å²) in [6, 6.07) is 13.7. The Labute approximate surface area is 242 Å². The van der Waals surface area contributed by atoms with Crippen LogP contribution in [0.3, 0.4) is 0 Å². The van der Waals surface area contributed by atoms with Gasteiger partial charge in [-0.1, -0.05) is 18.2 Å². The van der Waals surface area contributed by atoms with E-state index < -0.39 is 5.60 Å². The number of nitrogens with zero attached hydrogens (tertiary/aromatic N) is 5. The second kappa shape index (κ2) is 10.9. The van der Waals surface area contributed by atoms with Crippen molar-refractivity contribution in [1.82, 2.24) is 24.6 Å². The van der Waals surface area contributed by atoms with E-state index in [4.69, 9.17) is 4.74 Å². The first-order valence-corrected chi connectivity index (χ1v) is 13.9. The van der Waals surface area contributed by atoms with E-state index in [1.54, 1.807) is 34.1 Å². The van der Waals surface area contributed by atoms with Gasteiger partial charge in [0.15, 0.2) is 0 Å². The number of halogens is 2. The fourth-order valence-corrected chi connectivity index (χ4v) is 5.21. The highest BCUT2D eigenvalue weighted by molar-refractivity contribution is 5.95. The van der Waals surface area contributed by atoms with E-state index in [-0.39, 0.29) is 17.7 Å². The first-order valence-electron chi connectivity index (χ1n) is 13.9. The van der Waals surface area contributed by atoms with Crippen LogP contribution in [0.25, 0.3) is 33.3 Å². The van der Waals surface area contributed by atoms with E-state index >= 15 is 4.39 Å². The molecule has 4 heterocycles. The van der Waals surface area contributed by atoms with Crippen LogP contribution in [-0.2, 0) is 11.3 Å². The lowest BCUT2D eigenvalue weighted by molar-refractivity contribution is 0.0240. The summed E-state index contributed by atoms with van der Waals surface area (Å²) in [7, 11) is 0. The van der Waals surface area contributed by atoms with Gasteiger partial charge in [-0.15, -0.1) is 0 Å². The molecule has 0 spiro atoms. The molecular formula is C32H32F2N6O2.